The van der Waals surface area contributed by atoms with Gasteiger partial charge in [-0.05, 0) is 18.2 Å². The van der Waals surface area contributed by atoms with E-state index in [1.165, 1.54) is 10.7 Å². The van der Waals surface area contributed by atoms with E-state index in [0.29, 0.717) is 12.2 Å². The molecule has 0 aliphatic rings. The highest BCUT2D eigenvalue weighted by Crippen LogP contribution is 2.16. The van der Waals surface area contributed by atoms with Crippen molar-refractivity contribution in [3.8, 4) is 0 Å². The van der Waals surface area contributed by atoms with Crippen LogP contribution in [0.2, 0.25) is 0 Å². The summed E-state index contributed by atoms with van der Waals surface area (Å²) in [5, 5.41) is 15.4. The van der Waals surface area contributed by atoms with Gasteiger partial charge >= 0.3 is 5.97 Å². The van der Waals surface area contributed by atoms with Crippen LogP contribution in [0.3, 0.4) is 0 Å². The van der Waals surface area contributed by atoms with E-state index in [9.17, 15) is 9.59 Å². The van der Waals surface area contributed by atoms with Crippen molar-refractivity contribution in [2.24, 2.45) is 7.05 Å². The van der Waals surface area contributed by atoms with E-state index in [1.807, 2.05) is 0 Å². The van der Waals surface area contributed by atoms with Crippen LogP contribution in [0.4, 0.5) is 0 Å². The lowest BCUT2D eigenvalue weighted by molar-refractivity contribution is 0.0702. The van der Waals surface area contributed by atoms with Crippen LogP contribution < -0.4 is 5.32 Å². The molecule has 0 bridgehead atoms. The topological polar surface area (TPSA) is 84.2 Å². The maximum Gasteiger partial charge on any atom is 0.345 e. The van der Waals surface area contributed by atoms with Crippen LogP contribution in [0, 0.1) is 0 Å². The molecule has 0 fully saturated rings. The molecule has 94 valence electrons. The van der Waals surface area contributed by atoms with Gasteiger partial charge in [0.05, 0.1) is 6.54 Å². The molecule has 0 unspecified atom stereocenters. The summed E-state index contributed by atoms with van der Waals surface area (Å²) in [6.07, 6.45) is 1.54. The second kappa shape index (κ2) is 5.01. The number of rotatable bonds is 4. The molecule has 2 heterocycles. The van der Waals surface area contributed by atoms with Crippen molar-refractivity contribution in [3.63, 3.8) is 0 Å². The fourth-order valence-corrected chi connectivity index (χ4v) is 2.23. The van der Waals surface area contributed by atoms with Gasteiger partial charge in [-0.3, -0.25) is 9.48 Å². The molecule has 6 nitrogen and oxygen atoms in total. The second-order valence-corrected chi connectivity index (χ2v) is 4.76. The van der Waals surface area contributed by atoms with Crippen LogP contribution in [0.25, 0.3) is 0 Å². The summed E-state index contributed by atoms with van der Waals surface area (Å²) < 4.78 is 1.48. The van der Waals surface area contributed by atoms with Gasteiger partial charge in [-0.15, -0.1) is 11.3 Å². The number of nitrogens with zero attached hydrogens (tertiary/aromatic N) is 2. The van der Waals surface area contributed by atoms with E-state index in [4.69, 9.17) is 5.11 Å². The molecule has 0 saturated heterocycles. The van der Waals surface area contributed by atoms with Crippen LogP contribution in [0.5, 0.6) is 0 Å². The van der Waals surface area contributed by atoms with Crippen LogP contribution in [-0.4, -0.2) is 26.8 Å². The average Bonchev–Trinajstić information content (AvgIpc) is 2.94. The Morgan fingerprint density at radius 3 is 2.78 bits per heavy atom. The second-order valence-electron chi connectivity index (χ2n) is 3.59. The molecule has 0 aliphatic heterocycles. The predicted molar refractivity (Wildman–Crippen MR) is 65.7 cm³/mol. The van der Waals surface area contributed by atoms with Crippen molar-refractivity contribution in [1.29, 1.82) is 0 Å². The van der Waals surface area contributed by atoms with E-state index in [1.54, 1.807) is 25.4 Å². The summed E-state index contributed by atoms with van der Waals surface area (Å²) in [7, 11) is 1.68. The monoisotopic (exact) mass is 265 g/mol. The highest BCUT2D eigenvalue weighted by molar-refractivity contribution is 7.13. The first-order chi connectivity index (χ1) is 8.58. The van der Waals surface area contributed by atoms with Gasteiger partial charge in [0, 0.05) is 18.1 Å². The number of carbonyl (C=O) groups is 2. The third kappa shape index (κ3) is 2.57. The molecule has 0 aliphatic carbocycles. The third-order valence-electron chi connectivity index (χ3n) is 2.35. The van der Waals surface area contributed by atoms with Crippen LogP contribution in [0.15, 0.2) is 24.4 Å². The lowest BCUT2D eigenvalue weighted by Crippen LogP contribution is -2.24. The van der Waals surface area contributed by atoms with E-state index >= 15 is 0 Å². The quantitative estimate of drug-likeness (QED) is 0.867. The standard InChI is InChI=1S/C11H11N3O3S/c1-14-8(4-5-13-14)10(15)12-6-7-2-3-9(18-7)11(16)17/h2-5H,6H2,1H3,(H,12,15)(H,16,17). The van der Waals surface area contributed by atoms with E-state index in [-0.39, 0.29) is 10.8 Å². The highest BCUT2D eigenvalue weighted by atomic mass is 32.1. The lowest BCUT2D eigenvalue weighted by Gasteiger charge is -2.03. The molecule has 2 aromatic heterocycles. The van der Waals surface area contributed by atoms with Crippen molar-refractivity contribution in [3.05, 3.63) is 39.8 Å². The summed E-state index contributed by atoms with van der Waals surface area (Å²) in [4.78, 5) is 23.5. The number of nitrogens with one attached hydrogen (secondary N) is 1. The van der Waals surface area contributed by atoms with E-state index in [0.717, 1.165) is 16.2 Å². The van der Waals surface area contributed by atoms with Crippen molar-refractivity contribution >= 4 is 23.2 Å². The Morgan fingerprint density at radius 2 is 2.22 bits per heavy atom. The molecule has 0 atom stereocenters. The lowest BCUT2D eigenvalue weighted by atomic mass is 10.3. The SMILES string of the molecule is Cn1nccc1C(=O)NCc1ccc(C(=O)O)s1. The minimum atomic E-state index is -0.954. The van der Waals surface area contributed by atoms with Crippen molar-refractivity contribution in [2.75, 3.05) is 0 Å². The van der Waals surface area contributed by atoms with Gasteiger partial charge in [-0.1, -0.05) is 0 Å². The first-order valence-corrected chi connectivity index (χ1v) is 5.98. The smallest absolute Gasteiger partial charge is 0.345 e. The first kappa shape index (κ1) is 12.3. The minimum Gasteiger partial charge on any atom is -0.477 e. The molecular formula is C11H11N3O3S. The number of carboxylic acids is 1. The Bertz CT molecular complexity index is 588. The Balaban J connectivity index is 1.97. The van der Waals surface area contributed by atoms with E-state index in [2.05, 4.69) is 10.4 Å². The Hall–Kier alpha value is -2.15. The molecule has 2 rings (SSSR count). The van der Waals surface area contributed by atoms with Crippen LogP contribution in [-0.2, 0) is 13.6 Å². The highest BCUT2D eigenvalue weighted by Gasteiger charge is 2.11. The fourth-order valence-electron chi connectivity index (χ4n) is 1.44. The molecule has 0 saturated carbocycles. The minimum absolute atomic E-state index is 0.236. The summed E-state index contributed by atoms with van der Waals surface area (Å²) in [5.41, 5.74) is 0.463. The van der Waals surface area contributed by atoms with Gasteiger partial charge in [0.25, 0.3) is 5.91 Å². The van der Waals surface area contributed by atoms with Gasteiger partial charge in [-0.2, -0.15) is 5.10 Å². The van der Waals surface area contributed by atoms with Crippen molar-refractivity contribution in [1.82, 2.24) is 15.1 Å². The maximum absolute atomic E-state index is 11.8. The number of hydrogen-bond donors (Lipinski definition) is 2. The van der Waals surface area contributed by atoms with Gasteiger partial charge in [0.2, 0.25) is 0 Å². The Kier molecular flexibility index (Phi) is 3.42. The fraction of sp³-hybridized carbons (Fsp3) is 0.182. The number of aromatic carboxylic acids is 1. The maximum atomic E-state index is 11.8. The summed E-state index contributed by atoms with van der Waals surface area (Å²) >= 11 is 1.15. The van der Waals surface area contributed by atoms with Crippen LogP contribution in [0.1, 0.15) is 25.0 Å². The molecule has 0 radical (unpaired) electrons. The Morgan fingerprint density at radius 1 is 1.44 bits per heavy atom. The largest absolute Gasteiger partial charge is 0.477 e. The van der Waals surface area contributed by atoms with Gasteiger partial charge < -0.3 is 10.4 Å². The first-order valence-electron chi connectivity index (χ1n) is 5.16. The molecule has 7 heteroatoms. The van der Waals surface area contributed by atoms with Crippen molar-refractivity contribution in [2.45, 2.75) is 6.54 Å². The van der Waals surface area contributed by atoms with Gasteiger partial charge in [0.1, 0.15) is 10.6 Å². The number of carboxylic acid groups (broad SMARTS) is 1. The van der Waals surface area contributed by atoms with Gasteiger partial charge in [0.15, 0.2) is 0 Å². The van der Waals surface area contributed by atoms with Crippen molar-refractivity contribution < 1.29 is 14.7 Å². The summed E-state index contributed by atoms with van der Waals surface area (Å²) in [6.45, 7) is 0.307. The summed E-state index contributed by atoms with van der Waals surface area (Å²) in [5.74, 6) is -1.19. The zero-order chi connectivity index (χ0) is 13.1. The molecule has 18 heavy (non-hydrogen) atoms. The number of aromatic nitrogens is 2. The Labute approximate surface area is 107 Å². The molecule has 2 N–H and O–H groups in total. The van der Waals surface area contributed by atoms with Gasteiger partial charge in [-0.25, -0.2) is 4.79 Å². The number of amides is 1. The molecule has 0 spiro atoms. The molecule has 0 aromatic carbocycles. The number of hydrogen-bond acceptors (Lipinski definition) is 4. The van der Waals surface area contributed by atoms with Crippen LogP contribution >= 0.6 is 11.3 Å². The zero-order valence-electron chi connectivity index (χ0n) is 9.58. The summed E-state index contributed by atoms with van der Waals surface area (Å²) in [6, 6.07) is 4.84. The number of carbonyl (C=O) groups excluding carboxylic acids is 1. The molecule has 2 aromatic rings. The molecular weight excluding hydrogens is 254 g/mol. The zero-order valence-corrected chi connectivity index (χ0v) is 10.4. The predicted octanol–water partition coefficient (Wildman–Crippen LogP) is 1.11. The van der Waals surface area contributed by atoms with E-state index < -0.39 is 5.97 Å². The number of thiophene rings is 1. The third-order valence-corrected chi connectivity index (χ3v) is 3.42. The number of aryl methyl sites for hydroxylation is 1. The normalized spacial score (nSPS) is 10.3. The average molecular weight is 265 g/mol. The molecule has 1 amide bonds.